The van der Waals surface area contributed by atoms with Crippen molar-refractivity contribution in [3.8, 4) is 0 Å². The highest BCUT2D eigenvalue weighted by molar-refractivity contribution is 7.99. The summed E-state index contributed by atoms with van der Waals surface area (Å²) in [6, 6.07) is 0. The fourth-order valence-corrected chi connectivity index (χ4v) is 5.91. The molecule has 4 aliphatic heterocycles. The molecule has 1 N–H and O–H groups in total. The lowest BCUT2D eigenvalue weighted by molar-refractivity contribution is 0.0767. The lowest BCUT2D eigenvalue weighted by atomic mass is 9.82. The molecule has 5 heteroatoms. The van der Waals surface area contributed by atoms with Gasteiger partial charge in [0.1, 0.15) is 0 Å². The number of thioether (sulfide) groups is 1. The smallest absolute Gasteiger partial charge is 0.193 e. The molecule has 0 aromatic heterocycles. The maximum absolute atomic E-state index is 6.09. The zero-order chi connectivity index (χ0) is 14.9. The molecule has 0 aromatic carbocycles. The second-order valence-electron chi connectivity index (χ2n) is 7.27. The minimum atomic E-state index is 0.540. The van der Waals surface area contributed by atoms with Gasteiger partial charge in [0.15, 0.2) is 5.96 Å². The van der Waals surface area contributed by atoms with Gasteiger partial charge in [-0.1, -0.05) is 0 Å². The second-order valence-corrected chi connectivity index (χ2v) is 8.50. The number of aliphatic imine (C=N–C) groups is 1. The SMILES string of the molecule is CCNC(=NCC1CCSCC1)N1CC2C3CCC(O3)C2C1. The van der Waals surface area contributed by atoms with Crippen LogP contribution in [0.15, 0.2) is 4.99 Å². The molecule has 4 saturated heterocycles. The van der Waals surface area contributed by atoms with E-state index in [1.165, 1.54) is 37.2 Å². The number of hydrogen-bond acceptors (Lipinski definition) is 3. The molecule has 22 heavy (non-hydrogen) atoms. The van der Waals surface area contributed by atoms with Crippen molar-refractivity contribution in [1.29, 1.82) is 0 Å². The molecule has 4 aliphatic rings. The molecular weight excluding hydrogens is 294 g/mol. The van der Waals surface area contributed by atoms with Crippen LogP contribution in [0.5, 0.6) is 0 Å². The van der Waals surface area contributed by atoms with Crippen LogP contribution in [0.25, 0.3) is 0 Å². The van der Waals surface area contributed by atoms with Crippen molar-refractivity contribution in [2.24, 2.45) is 22.7 Å². The number of likely N-dealkylation sites (tertiary alicyclic amines) is 1. The molecule has 4 heterocycles. The van der Waals surface area contributed by atoms with E-state index in [2.05, 4.69) is 28.9 Å². The predicted octanol–water partition coefficient (Wildman–Crippen LogP) is 2.20. The van der Waals surface area contributed by atoms with E-state index in [0.29, 0.717) is 12.2 Å². The third-order valence-electron chi connectivity index (χ3n) is 5.93. The van der Waals surface area contributed by atoms with Gasteiger partial charge in [-0.15, -0.1) is 0 Å². The van der Waals surface area contributed by atoms with Gasteiger partial charge in [-0.05, 0) is 50.0 Å². The first-order valence-electron chi connectivity index (χ1n) is 9.11. The first kappa shape index (κ1) is 15.1. The van der Waals surface area contributed by atoms with E-state index in [-0.39, 0.29) is 0 Å². The molecule has 4 nitrogen and oxygen atoms in total. The van der Waals surface area contributed by atoms with Crippen LogP contribution in [0.4, 0.5) is 0 Å². The Bertz CT molecular complexity index is 406. The monoisotopic (exact) mass is 323 g/mol. The highest BCUT2D eigenvalue weighted by Gasteiger charge is 2.53. The predicted molar refractivity (Wildman–Crippen MR) is 92.5 cm³/mol. The Morgan fingerprint density at radius 2 is 1.82 bits per heavy atom. The molecule has 2 bridgehead atoms. The summed E-state index contributed by atoms with van der Waals surface area (Å²) in [5, 5.41) is 3.53. The van der Waals surface area contributed by atoms with Gasteiger partial charge in [0, 0.05) is 38.0 Å². The Morgan fingerprint density at radius 3 is 2.45 bits per heavy atom. The minimum Gasteiger partial charge on any atom is -0.374 e. The van der Waals surface area contributed by atoms with Crippen LogP contribution in [0, 0.1) is 17.8 Å². The van der Waals surface area contributed by atoms with Crippen molar-refractivity contribution < 1.29 is 4.74 Å². The van der Waals surface area contributed by atoms with E-state index in [4.69, 9.17) is 9.73 Å². The molecule has 0 aliphatic carbocycles. The standard InChI is InChI=1S/C17H29N3OS/c1-2-18-17(19-9-12-5-7-22-8-6-12)20-10-13-14(11-20)16-4-3-15(13)21-16/h12-16H,2-11H2,1H3,(H,18,19). The van der Waals surface area contributed by atoms with Crippen molar-refractivity contribution >= 4 is 17.7 Å². The summed E-state index contributed by atoms with van der Waals surface area (Å²) in [6.45, 7) is 6.46. The number of guanidine groups is 1. The van der Waals surface area contributed by atoms with Gasteiger partial charge in [-0.3, -0.25) is 4.99 Å². The van der Waals surface area contributed by atoms with Gasteiger partial charge in [-0.25, -0.2) is 0 Å². The van der Waals surface area contributed by atoms with Crippen LogP contribution in [-0.4, -0.2) is 60.8 Å². The molecule has 4 rings (SSSR count). The molecule has 0 aromatic rings. The summed E-state index contributed by atoms with van der Waals surface area (Å²) in [5.74, 6) is 6.13. The zero-order valence-electron chi connectivity index (χ0n) is 13.7. The Kier molecular flexibility index (Phi) is 4.54. The molecule has 0 radical (unpaired) electrons. The molecular formula is C17H29N3OS. The van der Waals surface area contributed by atoms with Gasteiger partial charge in [-0.2, -0.15) is 11.8 Å². The Balaban J connectivity index is 1.39. The van der Waals surface area contributed by atoms with E-state index >= 15 is 0 Å². The molecule has 4 unspecified atom stereocenters. The number of nitrogens with zero attached hydrogens (tertiary/aromatic N) is 2. The van der Waals surface area contributed by atoms with Gasteiger partial charge >= 0.3 is 0 Å². The van der Waals surface area contributed by atoms with Gasteiger partial charge in [0.25, 0.3) is 0 Å². The largest absolute Gasteiger partial charge is 0.374 e. The fourth-order valence-electron chi connectivity index (χ4n) is 4.70. The average Bonchev–Trinajstić information content (AvgIpc) is 3.24. The number of fused-ring (bicyclic) bond motifs is 5. The van der Waals surface area contributed by atoms with Crippen LogP contribution >= 0.6 is 11.8 Å². The summed E-state index contributed by atoms with van der Waals surface area (Å²) < 4.78 is 6.09. The third-order valence-corrected chi connectivity index (χ3v) is 6.98. The lowest BCUT2D eigenvalue weighted by Gasteiger charge is -2.25. The maximum atomic E-state index is 6.09. The van der Waals surface area contributed by atoms with E-state index in [0.717, 1.165) is 49.9 Å². The Morgan fingerprint density at radius 1 is 1.14 bits per heavy atom. The first-order chi connectivity index (χ1) is 10.8. The maximum Gasteiger partial charge on any atom is 0.193 e. The van der Waals surface area contributed by atoms with Gasteiger partial charge in [0.05, 0.1) is 12.2 Å². The van der Waals surface area contributed by atoms with Crippen LogP contribution < -0.4 is 5.32 Å². The highest BCUT2D eigenvalue weighted by atomic mass is 32.2. The van der Waals surface area contributed by atoms with E-state index in [1.54, 1.807) is 0 Å². The number of nitrogens with one attached hydrogen (secondary N) is 1. The molecule has 124 valence electrons. The molecule has 0 amide bonds. The summed E-state index contributed by atoms with van der Waals surface area (Å²) in [7, 11) is 0. The quantitative estimate of drug-likeness (QED) is 0.638. The van der Waals surface area contributed by atoms with Gasteiger partial charge < -0.3 is 15.0 Å². The molecule has 0 spiro atoms. The summed E-state index contributed by atoms with van der Waals surface area (Å²) >= 11 is 2.10. The first-order valence-corrected chi connectivity index (χ1v) is 10.3. The van der Waals surface area contributed by atoms with Gasteiger partial charge in [0.2, 0.25) is 0 Å². The molecule has 4 atom stereocenters. The normalized spacial score (nSPS) is 38.6. The number of hydrogen-bond donors (Lipinski definition) is 1. The van der Waals surface area contributed by atoms with E-state index in [9.17, 15) is 0 Å². The van der Waals surface area contributed by atoms with Crippen LogP contribution in [0.1, 0.15) is 32.6 Å². The summed E-state index contributed by atoms with van der Waals surface area (Å²) in [6.07, 6.45) is 6.34. The van der Waals surface area contributed by atoms with Crippen molar-refractivity contribution in [2.75, 3.05) is 37.7 Å². The fraction of sp³-hybridized carbons (Fsp3) is 0.941. The molecule has 0 saturated carbocycles. The van der Waals surface area contributed by atoms with Crippen molar-refractivity contribution in [2.45, 2.75) is 44.8 Å². The molecule has 4 fully saturated rings. The average molecular weight is 324 g/mol. The summed E-state index contributed by atoms with van der Waals surface area (Å²) in [5.41, 5.74) is 0. The van der Waals surface area contributed by atoms with Crippen LogP contribution in [-0.2, 0) is 4.74 Å². The zero-order valence-corrected chi connectivity index (χ0v) is 14.5. The topological polar surface area (TPSA) is 36.9 Å². The Labute approximate surface area is 138 Å². The third kappa shape index (κ3) is 2.86. The minimum absolute atomic E-state index is 0.540. The van der Waals surface area contributed by atoms with Crippen molar-refractivity contribution in [3.05, 3.63) is 0 Å². The van der Waals surface area contributed by atoms with Crippen molar-refractivity contribution in [3.63, 3.8) is 0 Å². The Hall–Kier alpha value is -0.420. The van der Waals surface area contributed by atoms with Crippen LogP contribution in [0.2, 0.25) is 0 Å². The number of rotatable bonds is 3. The van der Waals surface area contributed by atoms with E-state index < -0.39 is 0 Å². The number of ether oxygens (including phenoxy) is 1. The van der Waals surface area contributed by atoms with Crippen LogP contribution in [0.3, 0.4) is 0 Å². The highest BCUT2D eigenvalue weighted by Crippen LogP contribution is 2.47. The second kappa shape index (κ2) is 6.60. The van der Waals surface area contributed by atoms with E-state index in [1.807, 2.05) is 0 Å². The van der Waals surface area contributed by atoms with Crippen molar-refractivity contribution in [1.82, 2.24) is 10.2 Å². The summed E-state index contributed by atoms with van der Waals surface area (Å²) in [4.78, 5) is 7.52. The lowest BCUT2D eigenvalue weighted by Crippen LogP contribution is -2.41.